The Morgan fingerprint density at radius 3 is 2.94 bits per heavy atom. The predicted molar refractivity (Wildman–Crippen MR) is 74.7 cm³/mol. The molecule has 2 N–H and O–H groups in total. The van der Waals surface area contributed by atoms with Crippen molar-refractivity contribution in [3.8, 4) is 11.8 Å². The maximum Gasteiger partial charge on any atom is 0.263 e. The fourth-order valence-electron chi connectivity index (χ4n) is 1.80. The molecule has 1 amide bonds. The molecule has 0 atom stereocenters. The first-order valence-corrected chi connectivity index (χ1v) is 6.98. The monoisotopic (exact) mass is 262 g/mol. The van der Waals surface area contributed by atoms with Gasteiger partial charge in [-0.2, -0.15) is 0 Å². The molecule has 2 rings (SSSR count). The number of nitrogens with zero attached hydrogens (tertiary/aromatic N) is 1. The Morgan fingerprint density at radius 1 is 1.61 bits per heavy atom. The lowest BCUT2D eigenvalue weighted by molar-refractivity contribution is 0.0793. The van der Waals surface area contributed by atoms with Gasteiger partial charge in [0.2, 0.25) is 0 Å². The van der Waals surface area contributed by atoms with Crippen LogP contribution in [0.2, 0.25) is 0 Å². The Hall–Kier alpha value is -1.31. The number of amides is 1. The molecule has 0 unspecified atom stereocenters. The molecular formula is C14H18N2OS. The molecule has 0 aliphatic heterocycles. The van der Waals surface area contributed by atoms with E-state index in [1.54, 1.807) is 0 Å². The van der Waals surface area contributed by atoms with Gasteiger partial charge in [-0.05, 0) is 37.3 Å². The molecule has 4 heteroatoms. The summed E-state index contributed by atoms with van der Waals surface area (Å²) in [5.74, 6) is 6.67. The number of thiophene rings is 1. The minimum absolute atomic E-state index is 0.107. The predicted octanol–water partition coefficient (Wildman–Crippen LogP) is 1.85. The summed E-state index contributed by atoms with van der Waals surface area (Å²) in [5, 5.41) is 0. The van der Waals surface area contributed by atoms with Crippen molar-refractivity contribution in [1.82, 2.24) is 4.90 Å². The molecule has 18 heavy (non-hydrogen) atoms. The van der Waals surface area contributed by atoms with Crippen molar-refractivity contribution in [1.29, 1.82) is 0 Å². The maximum absolute atomic E-state index is 12.2. The summed E-state index contributed by atoms with van der Waals surface area (Å²) in [5.41, 5.74) is 6.42. The van der Waals surface area contributed by atoms with Crippen LogP contribution in [0.3, 0.4) is 0 Å². The average molecular weight is 262 g/mol. The lowest BCUT2D eigenvalue weighted by Crippen LogP contribution is -2.27. The normalized spacial score (nSPS) is 13.9. The first-order chi connectivity index (χ1) is 8.61. The smallest absolute Gasteiger partial charge is 0.263 e. The Morgan fingerprint density at radius 2 is 2.33 bits per heavy atom. The first-order valence-electron chi connectivity index (χ1n) is 6.16. The molecular weight excluding hydrogens is 244 g/mol. The van der Waals surface area contributed by atoms with Gasteiger partial charge < -0.3 is 10.6 Å². The fraction of sp³-hybridized carbons (Fsp3) is 0.500. The van der Waals surface area contributed by atoms with Crippen molar-refractivity contribution in [3.63, 3.8) is 0 Å². The highest BCUT2D eigenvalue weighted by molar-refractivity contribution is 7.14. The van der Waals surface area contributed by atoms with Crippen LogP contribution in [0.5, 0.6) is 0 Å². The van der Waals surface area contributed by atoms with E-state index in [4.69, 9.17) is 5.73 Å². The van der Waals surface area contributed by atoms with Crippen LogP contribution in [-0.2, 0) is 0 Å². The maximum atomic E-state index is 12.2. The summed E-state index contributed by atoms with van der Waals surface area (Å²) >= 11 is 1.46. The van der Waals surface area contributed by atoms with Crippen LogP contribution in [0.15, 0.2) is 6.07 Å². The molecule has 1 aliphatic carbocycles. The Balaban J connectivity index is 2.09. The number of hydrogen-bond acceptors (Lipinski definition) is 3. The summed E-state index contributed by atoms with van der Waals surface area (Å²) in [7, 11) is 1.88. The van der Waals surface area contributed by atoms with Crippen molar-refractivity contribution >= 4 is 17.2 Å². The van der Waals surface area contributed by atoms with E-state index in [2.05, 4.69) is 11.8 Å². The van der Waals surface area contributed by atoms with E-state index < -0.39 is 0 Å². The molecule has 0 spiro atoms. The summed E-state index contributed by atoms with van der Waals surface area (Å²) in [4.78, 5) is 15.8. The summed E-state index contributed by atoms with van der Waals surface area (Å²) in [6.07, 6.45) is 2.52. The molecule has 1 saturated carbocycles. The van der Waals surface area contributed by atoms with E-state index in [0.29, 0.717) is 6.54 Å². The second kappa shape index (κ2) is 5.55. The van der Waals surface area contributed by atoms with Crippen molar-refractivity contribution < 1.29 is 4.79 Å². The molecule has 0 bridgehead atoms. The lowest BCUT2D eigenvalue weighted by Gasteiger charge is -2.15. The Labute approximate surface area is 112 Å². The fourth-order valence-corrected chi connectivity index (χ4v) is 2.84. The van der Waals surface area contributed by atoms with Gasteiger partial charge in [0, 0.05) is 13.6 Å². The molecule has 0 radical (unpaired) electrons. The van der Waals surface area contributed by atoms with Gasteiger partial charge >= 0.3 is 0 Å². The summed E-state index contributed by atoms with van der Waals surface area (Å²) in [6, 6.07) is 1.93. The van der Waals surface area contributed by atoms with Crippen LogP contribution < -0.4 is 5.73 Å². The Bertz CT molecular complexity index is 506. The lowest BCUT2D eigenvalue weighted by atomic mass is 10.2. The molecule has 96 valence electrons. The van der Waals surface area contributed by atoms with Crippen LogP contribution >= 0.6 is 11.3 Å². The molecule has 0 saturated heterocycles. The largest absolute Gasteiger partial charge is 0.341 e. The van der Waals surface area contributed by atoms with Gasteiger partial charge in [0.05, 0.1) is 16.3 Å². The van der Waals surface area contributed by atoms with Crippen LogP contribution in [0.4, 0.5) is 0 Å². The molecule has 1 aromatic rings. The highest BCUT2D eigenvalue weighted by Gasteiger charge is 2.26. The minimum atomic E-state index is 0.107. The van der Waals surface area contributed by atoms with Gasteiger partial charge in [-0.3, -0.25) is 4.79 Å². The van der Waals surface area contributed by atoms with Gasteiger partial charge in [-0.1, -0.05) is 11.8 Å². The van der Waals surface area contributed by atoms with Crippen LogP contribution in [0, 0.1) is 24.7 Å². The second-order valence-electron chi connectivity index (χ2n) is 4.76. The molecule has 1 aliphatic rings. The number of rotatable bonds is 3. The molecule has 1 fully saturated rings. The van der Waals surface area contributed by atoms with Gasteiger partial charge in [0.25, 0.3) is 5.91 Å². The molecule has 3 nitrogen and oxygen atoms in total. The minimum Gasteiger partial charge on any atom is -0.341 e. The van der Waals surface area contributed by atoms with Crippen LogP contribution in [0.1, 0.15) is 33.0 Å². The number of hydrogen-bond donors (Lipinski definition) is 1. The van der Waals surface area contributed by atoms with Gasteiger partial charge in [0.1, 0.15) is 0 Å². The van der Waals surface area contributed by atoms with E-state index >= 15 is 0 Å². The summed E-state index contributed by atoms with van der Waals surface area (Å²) in [6.45, 7) is 3.20. The standard InChI is InChI=1S/C14H18N2OS/c1-10-8-13(18-12(10)4-3-7-15)14(17)16(2)9-11-5-6-11/h8,11H,5-7,9,15H2,1-2H3. The molecule has 1 aromatic heterocycles. The van der Waals surface area contributed by atoms with E-state index in [1.165, 1.54) is 24.2 Å². The molecule has 1 heterocycles. The van der Waals surface area contributed by atoms with Crippen LogP contribution in [0.25, 0.3) is 0 Å². The molecule has 0 aromatic carbocycles. The number of nitrogens with two attached hydrogens (primary N) is 1. The third-order valence-electron chi connectivity index (χ3n) is 3.01. The SMILES string of the molecule is Cc1cc(C(=O)N(C)CC2CC2)sc1C#CCN. The van der Waals surface area contributed by atoms with E-state index in [1.807, 2.05) is 24.9 Å². The van der Waals surface area contributed by atoms with Crippen molar-refractivity contribution in [2.75, 3.05) is 20.1 Å². The van der Waals surface area contributed by atoms with Crippen molar-refractivity contribution in [2.45, 2.75) is 19.8 Å². The quantitative estimate of drug-likeness (QED) is 0.845. The summed E-state index contributed by atoms with van der Waals surface area (Å²) < 4.78 is 0. The highest BCUT2D eigenvalue weighted by atomic mass is 32.1. The first kappa shape index (κ1) is 13.1. The van der Waals surface area contributed by atoms with Crippen molar-refractivity contribution in [3.05, 3.63) is 21.4 Å². The Kier molecular flexibility index (Phi) is 4.05. The number of aryl methyl sites for hydroxylation is 1. The van der Waals surface area contributed by atoms with E-state index in [-0.39, 0.29) is 5.91 Å². The third-order valence-corrected chi connectivity index (χ3v) is 4.15. The van der Waals surface area contributed by atoms with Gasteiger partial charge in [-0.15, -0.1) is 11.3 Å². The third kappa shape index (κ3) is 3.12. The van der Waals surface area contributed by atoms with Crippen LogP contribution in [-0.4, -0.2) is 30.9 Å². The highest BCUT2D eigenvalue weighted by Crippen LogP contribution is 2.30. The van der Waals surface area contributed by atoms with Gasteiger partial charge in [0.15, 0.2) is 0 Å². The van der Waals surface area contributed by atoms with Gasteiger partial charge in [-0.25, -0.2) is 0 Å². The zero-order chi connectivity index (χ0) is 13.1. The zero-order valence-electron chi connectivity index (χ0n) is 10.8. The average Bonchev–Trinajstić information content (AvgIpc) is 3.08. The van der Waals surface area contributed by atoms with E-state index in [0.717, 1.165) is 27.8 Å². The number of carbonyl (C=O) groups is 1. The second-order valence-corrected chi connectivity index (χ2v) is 5.81. The zero-order valence-corrected chi connectivity index (χ0v) is 11.6. The number of carbonyl (C=O) groups excluding carboxylic acids is 1. The van der Waals surface area contributed by atoms with E-state index in [9.17, 15) is 4.79 Å². The van der Waals surface area contributed by atoms with Crippen molar-refractivity contribution in [2.24, 2.45) is 11.7 Å². The topological polar surface area (TPSA) is 46.3 Å².